The summed E-state index contributed by atoms with van der Waals surface area (Å²) in [6.07, 6.45) is 2.01. The third-order valence-electron chi connectivity index (χ3n) is 3.13. The maximum absolute atomic E-state index is 9.22. The van der Waals surface area contributed by atoms with Crippen molar-refractivity contribution < 1.29 is 0 Å². The quantitative estimate of drug-likeness (QED) is 0.766. The highest BCUT2D eigenvalue weighted by atomic mass is 15.0. The van der Waals surface area contributed by atoms with E-state index in [1.54, 1.807) is 0 Å². The minimum Gasteiger partial charge on any atom is -0.302 e. The van der Waals surface area contributed by atoms with Gasteiger partial charge < -0.3 is 4.40 Å². The molecule has 0 aliphatic rings. The first kappa shape index (κ1) is 12.6. The standard InChI is InChI=1S/C15H19N3/c1-10-6-7-18-12(8-10)17-14(15(3,4)5)13(18)11(2)9-16/h6-8,11H,1-5H3. The zero-order valence-corrected chi connectivity index (χ0v) is 11.7. The Balaban J connectivity index is 2.81. The van der Waals surface area contributed by atoms with Crippen LogP contribution in [0.15, 0.2) is 18.3 Å². The predicted molar refractivity (Wildman–Crippen MR) is 72.7 cm³/mol. The summed E-state index contributed by atoms with van der Waals surface area (Å²) in [4.78, 5) is 4.73. The maximum atomic E-state index is 9.22. The molecule has 0 aliphatic carbocycles. The number of rotatable bonds is 1. The third-order valence-corrected chi connectivity index (χ3v) is 3.13. The van der Waals surface area contributed by atoms with E-state index in [-0.39, 0.29) is 11.3 Å². The summed E-state index contributed by atoms with van der Waals surface area (Å²) in [7, 11) is 0. The van der Waals surface area contributed by atoms with Crippen LogP contribution in [-0.2, 0) is 5.41 Å². The molecule has 2 aromatic heterocycles. The summed E-state index contributed by atoms with van der Waals surface area (Å²) in [5.74, 6) is -0.156. The van der Waals surface area contributed by atoms with E-state index in [9.17, 15) is 5.26 Å². The fourth-order valence-corrected chi connectivity index (χ4v) is 2.19. The summed E-state index contributed by atoms with van der Waals surface area (Å²) in [5, 5.41) is 9.22. The van der Waals surface area contributed by atoms with E-state index in [4.69, 9.17) is 4.98 Å². The Hall–Kier alpha value is -1.82. The molecule has 2 aromatic rings. The lowest BCUT2D eigenvalue weighted by Crippen LogP contribution is -2.16. The molecule has 3 nitrogen and oxygen atoms in total. The number of hydrogen-bond acceptors (Lipinski definition) is 2. The molecule has 0 bridgehead atoms. The van der Waals surface area contributed by atoms with Crippen molar-refractivity contribution in [3.8, 4) is 6.07 Å². The SMILES string of the molecule is Cc1ccn2c(C(C)C#N)c(C(C)(C)C)nc2c1. The summed E-state index contributed by atoms with van der Waals surface area (Å²) < 4.78 is 2.04. The zero-order valence-electron chi connectivity index (χ0n) is 11.7. The Bertz CT molecular complexity index is 623. The lowest BCUT2D eigenvalue weighted by atomic mass is 9.88. The molecule has 0 N–H and O–H groups in total. The lowest BCUT2D eigenvalue weighted by molar-refractivity contribution is 0.562. The van der Waals surface area contributed by atoms with Gasteiger partial charge in [0.15, 0.2) is 0 Å². The van der Waals surface area contributed by atoms with Gasteiger partial charge in [0.1, 0.15) is 5.65 Å². The third kappa shape index (κ3) is 1.99. The largest absolute Gasteiger partial charge is 0.302 e. The summed E-state index contributed by atoms with van der Waals surface area (Å²) in [6.45, 7) is 10.4. The van der Waals surface area contributed by atoms with E-state index in [1.807, 2.05) is 17.5 Å². The van der Waals surface area contributed by atoms with Crippen molar-refractivity contribution in [1.29, 1.82) is 5.26 Å². The number of aromatic nitrogens is 2. The van der Waals surface area contributed by atoms with Gasteiger partial charge in [-0.15, -0.1) is 0 Å². The van der Waals surface area contributed by atoms with Crippen molar-refractivity contribution >= 4 is 5.65 Å². The summed E-state index contributed by atoms with van der Waals surface area (Å²) in [6, 6.07) is 6.43. The Labute approximate surface area is 108 Å². The molecule has 3 heteroatoms. The van der Waals surface area contributed by atoms with Gasteiger partial charge in [-0.3, -0.25) is 0 Å². The lowest BCUT2D eigenvalue weighted by Gasteiger charge is -2.18. The number of hydrogen-bond donors (Lipinski definition) is 0. The minimum absolute atomic E-state index is 0.0552. The van der Waals surface area contributed by atoms with Crippen LogP contribution in [0.4, 0.5) is 0 Å². The van der Waals surface area contributed by atoms with E-state index in [0.29, 0.717) is 0 Å². The number of pyridine rings is 1. The van der Waals surface area contributed by atoms with Crippen molar-refractivity contribution in [3.63, 3.8) is 0 Å². The number of nitrogens with zero attached hydrogens (tertiary/aromatic N) is 3. The van der Waals surface area contributed by atoms with Gasteiger partial charge in [-0.2, -0.15) is 5.26 Å². The molecule has 2 rings (SSSR count). The molecule has 0 fully saturated rings. The van der Waals surface area contributed by atoms with Crippen LogP contribution >= 0.6 is 0 Å². The summed E-state index contributed by atoms with van der Waals surface area (Å²) in [5.41, 5.74) is 4.09. The number of nitriles is 1. The molecule has 0 saturated carbocycles. The fraction of sp³-hybridized carbons (Fsp3) is 0.467. The molecule has 2 heterocycles. The number of fused-ring (bicyclic) bond motifs is 1. The predicted octanol–water partition coefficient (Wildman–Crippen LogP) is 3.57. The second-order valence-corrected chi connectivity index (χ2v) is 5.88. The monoisotopic (exact) mass is 241 g/mol. The van der Waals surface area contributed by atoms with E-state index >= 15 is 0 Å². The van der Waals surface area contributed by atoms with Gasteiger partial charge in [-0.05, 0) is 31.5 Å². The molecule has 0 radical (unpaired) electrons. The average molecular weight is 241 g/mol. The van der Waals surface area contributed by atoms with Crippen molar-refractivity contribution in [1.82, 2.24) is 9.38 Å². The Kier molecular flexibility index (Phi) is 2.90. The molecule has 0 saturated heterocycles. The van der Waals surface area contributed by atoms with Crippen LogP contribution in [0.3, 0.4) is 0 Å². The number of aryl methyl sites for hydroxylation is 1. The molecule has 0 amide bonds. The van der Waals surface area contributed by atoms with Crippen LogP contribution in [0.25, 0.3) is 5.65 Å². The first-order valence-electron chi connectivity index (χ1n) is 6.23. The van der Waals surface area contributed by atoms with Crippen molar-refractivity contribution in [2.45, 2.75) is 46.0 Å². The highest BCUT2D eigenvalue weighted by molar-refractivity contribution is 5.48. The van der Waals surface area contributed by atoms with E-state index in [2.05, 4.69) is 45.9 Å². The zero-order chi connectivity index (χ0) is 13.5. The Morgan fingerprint density at radius 2 is 2.06 bits per heavy atom. The molecule has 94 valence electrons. The number of imidazole rings is 1. The van der Waals surface area contributed by atoms with E-state index in [0.717, 1.165) is 17.0 Å². The average Bonchev–Trinajstić information content (AvgIpc) is 2.66. The molecule has 0 aromatic carbocycles. The minimum atomic E-state index is -0.156. The van der Waals surface area contributed by atoms with Gasteiger partial charge in [0, 0.05) is 11.6 Å². The van der Waals surface area contributed by atoms with Gasteiger partial charge in [-0.25, -0.2) is 4.98 Å². The first-order chi connectivity index (χ1) is 8.34. The van der Waals surface area contributed by atoms with Crippen LogP contribution in [-0.4, -0.2) is 9.38 Å². The van der Waals surface area contributed by atoms with Crippen LogP contribution < -0.4 is 0 Å². The van der Waals surface area contributed by atoms with Crippen LogP contribution in [0.2, 0.25) is 0 Å². The van der Waals surface area contributed by atoms with Gasteiger partial charge >= 0.3 is 0 Å². The van der Waals surface area contributed by atoms with Crippen LogP contribution in [0.5, 0.6) is 0 Å². The fourth-order valence-electron chi connectivity index (χ4n) is 2.19. The molecule has 1 atom stereocenters. The van der Waals surface area contributed by atoms with Crippen molar-refractivity contribution in [2.24, 2.45) is 0 Å². The van der Waals surface area contributed by atoms with E-state index in [1.165, 1.54) is 5.56 Å². The second-order valence-electron chi connectivity index (χ2n) is 5.88. The molecular formula is C15H19N3. The van der Waals surface area contributed by atoms with Gasteiger partial charge in [0.2, 0.25) is 0 Å². The molecular weight excluding hydrogens is 222 g/mol. The van der Waals surface area contributed by atoms with Gasteiger partial charge in [0.25, 0.3) is 0 Å². The van der Waals surface area contributed by atoms with Crippen LogP contribution in [0.1, 0.15) is 50.6 Å². The van der Waals surface area contributed by atoms with E-state index < -0.39 is 0 Å². The topological polar surface area (TPSA) is 41.1 Å². The van der Waals surface area contributed by atoms with Gasteiger partial charge in [0.05, 0.1) is 23.4 Å². The molecule has 0 aliphatic heterocycles. The highest BCUT2D eigenvalue weighted by Crippen LogP contribution is 2.30. The smallest absolute Gasteiger partial charge is 0.137 e. The van der Waals surface area contributed by atoms with Crippen molar-refractivity contribution in [3.05, 3.63) is 35.3 Å². The highest BCUT2D eigenvalue weighted by Gasteiger charge is 2.26. The van der Waals surface area contributed by atoms with Crippen LogP contribution in [0, 0.1) is 18.3 Å². The maximum Gasteiger partial charge on any atom is 0.137 e. The van der Waals surface area contributed by atoms with Crippen molar-refractivity contribution in [2.75, 3.05) is 0 Å². The molecule has 0 spiro atoms. The normalized spacial score (nSPS) is 13.6. The molecule has 1 unspecified atom stereocenters. The molecule has 18 heavy (non-hydrogen) atoms. The second kappa shape index (κ2) is 4.13. The summed E-state index contributed by atoms with van der Waals surface area (Å²) >= 11 is 0. The Morgan fingerprint density at radius 3 is 2.61 bits per heavy atom. The first-order valence-corrected chi connectivity index (χ1v) is 6.23. The van der Waals surface area contributed by atoms with Gasteiger partial charge in [-0.1, -0.05) is 20.8 Å². The Morgan fingerprint density at radius 1 is 1.39 bits per heavy atom.